The van der Waals surface area contributed by atoms with Crippen LogP contribution < -0.4 is 5.32 Å². The summed E-state index contributed by atoms with van der Waals surface area (Å²) in [6.45, 7) is 0.695. The number of nitrogens with zero attached hydrogens (tertiary/aromatic N) is 2. The molecule has 120 valence electrons. The Labute approximate surface area is 142 Å². The predicted octanol–water partition coefficient (Wildman–Crippen LogP) is 4.00. The topological polar surface area (TPSA) is 68.0 Å². The van der Waals surface area contributed by atoms with E-state index >= 15 is 0 Å². The van der Waals surface area contributed by atoms with Crippen LogP contribution in [0.25, 0.3) is 10.7 Å². The van der Waals surface area contributed by atoms with Crippen LogP contribution in [0.1, 0.15) is 34.8 Å². The first-order valence-electron chi connectivity index (χ1n) is 7.51. The number of hydrogen-bond acceptors (Lipinski definition) is 6. The molecule has 0 aliphatic carbocycles. The summed E-state index contributed by atoms with van der Waals surface area (Å²) < 4.78 is 5.26. The van der Waals surface area contributed by atoms with Gasteiger partial charge in [0, 0.05) is 13.0 Å². The Balaban J connectivity index is 1.32. The molecule has 0 atom stereocenters. The summed E-state index contributed by atoms with van der Waals surface area (Å²) in [7, 11) is 0. The third-order valence-electron chi connectivity index (χ3n) is 3.31. The second kappa shape index (κ2) is 8.03. The highest BCUT2D eigenvalue weighted by Crippen LogP contribution is 2.21. The van der Waals surface area contributed by atoms with Crippen molar-refractivity contribution in [1.29, 1.82) is 0 Å². The van der Waals surface area contributed by atoms with Crippen LogP contribution in [0.15, 0.2) is 39.5 Å². The van der Waals surface area contributed by atoms with E-state index < -0.39 is 0 Å². The first-order chi connectivity index (χ1) is 11.3. The number of amides is 1. The molecule has 0 fully saturated rings. The highest BCUT2D eigenvalue weighted by Gasteiger charge is 2.09. The van der Waals surface area contributed by atoms with Crippen molar-refractivity contribution in [3.05, 3.63) is 45.8 Å². The molecule has 0 aliphatic rings. The molecule has 5 nitrogen and oxygen atoms in total. The number of thiophene rings is 2. The van der Waals surface area contributed by atoms with E-state index in [0.717, 1.165) is 35.4 Å². The van der Waals surface area contributed by atoms with Crippen molar-refractivity contribution in [3.63, 3.8) is 0 Å². The molecule has 0 unspecified atom stereocenters. The molecule has 0 saturated carbocycles. The largest absolute Gasteiger partial charge is 0.351 e. The van der Waals surface area contributed by atoms with Gasteiger partial charge < -0.3 is 9.84 Å². The van der Waals surface area contributed by atoms with Crippen molar-refractivity contribution in [2.24, 2.45) is 0 Å². The average molecular weight is 347 g/mol. The van der Waals surface area contributed by atoms with Gasteiger partial charge in [0.2, 0.25) is 11.7 Å². The second-order valence-electron chi connectivity index (χ2n) is 5.03. The fourth-order valence-corrected chi connectivity index (χ4v) is 3.43. The predicted molar refractivity (Wildman–Crippen MR) is 91.8 cm³/mol. The number of carbonyl (C=O) groups excluding carboxylic acids is 1. The summed E-state index contributed by atoms with van der Waals surface area (Å²) >= 11 is 3.06. The maximum absolute atomic E-state index is 11.7. The summed E-state index contributed by atoms with van der Waals surface area (Å²) in [4.78, 5) is 17.9. The SMILES string of the molecule is O=C(NCCCCCc1nc(-c2cccs2)no1)c1cccs1. The molecule has 7 heteroatoms. The van der Waals surface area contributed by atoms with Gasteiger partial charge in [0.15, 0.2) is 0 Å². The number of aromatic nitrogens is 2. The Kier molecular flexibility index (Phi) is 5.55. The van der Waals surface area contributed by atoms with Gasteiger partial charge in [-0.3, -0.25) is 4.79 Å². The molecule has 0 bridgehead atoms. The lowest BCUT2D eigenvalue weighted by molar-refractivity contribution is 0.0957. The Morgan fingerprint density at radius 1 is 1.13 bits per heavy atom. The molecule has 0 radical (unpaired) electrons. The van der Waals surface area contributed by atoms with Crippen molar-refractivity contribution < 1.29 is 9.32 Å². The van der Waals surface area contributed by atoms with E-state index in [0.29, 0.717) is 18.3 Å². The molecule has 3 rings (SSSR count). The molecule has 0 saturated heterocycles. The van der Waals surface area contributed by atoms with Gasteiger partial charge in [-0.05, 0) is 35.7 Å². The van der Waals surface area contributed by atoms with Gasteiger partial charge in [-0.15, -0.1) is 22.7 Å². The van der Waals surface area contributed by atoms with E-state index in [1.807, 2.05) is 35.0 Å². The first kappa shape index (κ1) is 15.9. The third-order valence-corrected chi connectivity index (χ3v) is 5.04. The maximum Gasteiger partial charge on any atom is 0.261 e. The van der Waals surface area contributed by atoms with Crippen molar-refractivity contribution in [1.82, 2.24) is 15.5 Å². The fourth-order valence-electron chi connectivity index (χ4n) is 2.14. The molecule has 3 aromatic heterocycles. The van der Waals surface area contributed by atoms with Gasteiger partial charge in [-0.25, -0.2) is 0 Å². The standard InChI is InChI=1S/C16H17N3O2S2/c20-16(13-7-5-11-23-13)17-9-3-1-2-8-14-18-15(19-21-14)12-6-4-10-22-12/h4-7,10-11H,1-3,8-9H2,(H,17,20). The van der Waals surface area contributed by atoms with Crippen LogP contribution in [-0.4, -0.2) is 22.6 Å². The lowest BCUT2D eigenvalue weighted by atomic mass is 10.2. The normalized spacial score (nSPS) is 10.8. The fraction of sp³-hybridized carbons (Fsp3) is 0.312. The number of carbonyl (C=O) groups is 1. The minimum Gasteiger partial charge on any atom is -0.351 e. The molecule has 23 heavy (non-hydrogen) atoms. The van der Waals surface area contributed by atoms with Crippen LogP contribution in [-0.2, 0) is 6.42 Å². The van der Waals surface area contributed by atoms with E-state index in [1.165, 1.54) is 11.3 Å². The first-order valence-corrected chi connectivity index (χ1v) is 9.27. The van der Waals surface area contributed by atoms with Gasteiger partial charge in [-0.1, -0.05) is 23.7 Å². The van der Waals surface area contributed by atoms with Gasteiger partial charge in [0.05, 0.1) is 9.75 Å². The van der Waals surface area contributed by atoms with Gasteiger partial charge in [-0.2, -0.15) is 4.98 Å². The Hall–Kier alpha value is -1.99. The van der Waals surface area contributed by atoms with Crippen molar-refractivity contribution in [2.75, 3.05) is 6.54 Å². The molecule has 1 N–H and O–H groups in total. The van der Waals surface area contributed by atoms with Gasteiger partial charge in [0.1, 0.15) is 0 Å². The van der Waals surface area contributed by atoms with Crippen molar-refractivity contribution in [3.8, 4) is 10.7 Å². The number of rotatable bonds is 8. The minimum absolute atomic E-state index is 0.0116. The van der Waals surface area contributed by atoms with E-state index in [9.17, 15) is 4.79 Å². The van der Waals surface area contributed by atoms with Crippen LogP contribution in [0.5, 0.6) is 0 Å². The molecule has 0 spiro atoms. The second-order valence-corrected chi connectivity index (χ2v) is 6.93. The molecule has 1 amide bonds. The van der Waals surface area contributed by atoms with Crippen LogP contribution in [0, 0.1) is 0 Å². The van der Waals surface area contributed by atoms with Crippen molar-refractivity contribution in [2.45, 2.75) is 25.7 Å². The smallest absolute Gasteiger partial charge is 0.261 e. The number of hydrogen-bond donors (Lipinski definition) is 1. The lowest BCUT2D eigenvalue weighted by Gasteiger charge is -2.02. The molecule has 0 aromatic carbocycles. The Morgan fingerprint density at radius 2 is 2.00 bits per heavy atom. The summed E-state index contributed by atoms with van der Waals surface area (Å²) in [6, 6.07) is 7.67. The zero-order chi connectivity index (χ0) is 15.9. The molecular formula is C16H17N3O2S2. The highest BCUT2D eigenvalue weighted by atomic mass is 32.1. The summed E-state index contributed by atoms with van der Waals surface area (Å²) in [5.41, 5.74) is 0. The molecular weight excluding hydrogens is 330 g/mol. The van der Waals surface area contributed by atoms with Gasteiger partial charge >= 0.3 is 0 Å². The molecule has 3 heterocycles. The number of aryl methyl sites for hydroxylation is 1. The van der Waals surface area contributed by atoms with Crippen LogP contribution >= 0.6 is 22.7 Å². The summed E-state index contributed by atoms with van der Waals surface area (Å²) in [5.74, 6) is 1.35. The van der Waals surface area contributed by atoms with Crippen LogP contribution in [0.4, 0.5) is 0 Å². The molecule has 3 aromatic rings. The number of nitrogens with one attached hydrogen (secondary N) is 1. The zero-order valence-corrected chi connectivity index (χ0v) is 14.2. The van der Waals surface area contributed by atoms with E-state index in [1.54, 1.807) is 11.3 Å². The average Bonchev–Trinajstić information content (AvgIpc) is 3.32. The minimum atomic E-state index is 0.0116. The Morgan fingerprint density at radius 3 is 2.78 bits per heavy atom. The molecule has 0 aliphatic heterocycles. The Bertz CT molecular complexity index is 720. The van der Waals surface area contributed by atoms with Gasteiger partial charge in [0.25, 0.3) is 5.91 Å². The monoisotopic (exact) mass is 347 g/mol. The zero-order valence-electron chi connectivity index (χ0n) is 12.5. The maximum atomic E-state index is 11.7. The van der Waals surface area contributed by atoms with Crippen molar-refractivity contribution >= 4 is 28.6 Å². The quantitative estimate of drug-likeness (QED) is 0.625. The van der Waals surface area contributed by atoms with E-state index in [-0.39, 0.29) is 5.91 Å². The van der Waals surface area contributed by atoms with E-state index in [2.05, 4.69) is 15.5 Å². The van der Waals surface area contributed by atoms with Crippen LogP contribution in [0.2, 0.25) is 0 Å². The summed E-state index contributed by atoms with van der Waals surface area (Å²) in [5, 5.41) is 10.8. The number of unbranched alkanes of at least 4 members (excludes halogenated alkanes) is 2. The highest BCUT2D eigenvalue weighted by molar-refractivity contribution is 7.13. The lowest BCUT2D eigenvalue weighted by Crippen LogP contribution is -2.23. The summed E-state index contributed by atoms with van der Waals surface area (Å²) in [6.07, 6.45) is 3.71. The van der Waals surface area contributed by atoms with Crippen LogP contribution in [0.3, 0.4) is 0 Å². The van der Waals surface area contributed by atoms with E-state index in [4.69, 9.17) is 4.52 Å². The third kappa shape index (κ3) is 4.49.